The Labute approximate surface area is 196 Å². The monoisotopic (exact) mass is 487 g/mol. The molecule has 0 aliphatic carbocycles. The second kappa shape index (κ2) is 10.6. The molecule has 0 radical (unpaired) electrons. The van der Waals surface area contributed by atoms with E-state index in [4.69, 9.17) is 9.47 Å². The molecule has 0 heterocycles. The first-order valence-electron chi connectivity index (χ1n) is 10.2. The minimum atomic E-state index is -0.234. The van der Waals surface area contributed by atoms with Gasteiger partial charge in [-0.2, -0.15) is 0 Å². The van der Waals surface area contributed by atoms with Crippen molar-refractivity contribution in [2.75, 3.05) is 11.9 Å². The van der Waals surface area contributed by atoms with E-state index in [9.17, 15) is 4.79 Å². The van der Waals surface area contributed by atoms with Crippen LogP contribution in [0.2, 0.25) is 0 Å². The SMILES string of the molecule is O=C(COc1ccc(-c2ccccc2)cc1Br)Nc1ccc(OCc2ccccc2)cc1. The van der Waals surface area contributed by atoms with Crippen molar-refractivity contribution in [2.24, 2.45) is 0 Å². The van der Waals surface area contributed by atoms with E-state index in [2.05, 4.69) is 21.2 Å². The lowest BCUT2D eigenvalue weighted by molar-refractivity contribution is -0.118. The number of carbonyl (C=O) groups is 1. The number of hydrogen-bond acceptors (Lipinski definition) is 3. The summed E-state index contributed by atoms with van der Waals surface area (Å²) >= 11 is 3.53. The maximum Gasteiger partial charge on any atom is 0.262 e. The minimum Gasteiger partial charge on any atom is -0.489 e. The standard InChI is InChI=1S/C27H22BrNO3/c28-25-17-22(21-9-5-2-6-10-21)11-16-26(25)32-19-27(30)29-23-12-14-24(15-13-23)31-18-20-7-3-1-4-8-20/h1-17H,18-19H2,(H,29,30). The van der Waals surface area contributed by atoms with E-state index in [1.807, 2.05) is 103 Å². The molecule has 0 fully saturated rings. The summed E-state index contributed by atoms with van der Waals surface area (Å²) in [5.41, 5.74) is 3.98. The highest BCUT2D eigenvalue weighted by Gasteiger charge is 2.08. The first-order valence-corrected chi connectivity index (χ1v) is 11.0. The first kappa shape index (κ1) is 21.7. The van der Waals surface area contributed by atoms with Crippen molar-refractivity contribution < 1.29 is 14.3 Å². The van der Waals surface area contributed by atoms with Crippen LogP contribution in [0.3, 0.4) is 0 Å². The van der Waals surface area contributed by atoms with Gasteiger partial charge in [-0.15, -0.1) is 0 Å². The predicted molar refractivity (Wildman–Crippen MR) is 131 cm³/mol. The molecule has 160 valence electrons. The van der Waals surface area contributed by atoms with E-state index in [0.29, 0.717) is 18.0 Å². The van der Waals surface area contributed by atoms with Gasteiger partial charge < -0.3 is 14.8 Å². The first-order chi connectivity index (χ1) is 15.7. The second-order valence-corrected chi connectivity index (χ2v) is 8.00. The molecule has 0 spiro atoms. The fourth-order valence-electron chi connectivity index (χ4n) is 3.14. The molecular weight excluding hydrogens is 466 g/mol. The third kappa shape index (κ3) is 5.99. The van der Waals surface area contributed by atoms with Crippen molar-refractivity contribution in [1.29, 1.82) is 0 Å². The third-order valence-electron chi connectivity index (χ3n) is 4.78. The zero-order valence-corrected chi connectivity index (χ0v) is 18.9. The molecule has 1 amide bonds. The van der Waals surface area contributed by atoms with Crippen molar-refractivity contribution in [1.82, 2.24) is 0 Å². The molecule has 0 aliphatic heterocycles. The number of benzene rings is 4. The van der Waals surface area contributed by atoms with Crippen molar-refractivity contribution in [3.8, 4) is 22.6 Å². The summed E-state index contributed by atoms with van der Waals surface area (Å²) in [6.07, 6.45) is 0. The Balaban J connectivity index is 1.27. The fourth-order valence-corrected chi connectivity index (χ4v) is 3.64. The Morgan fingerprint density at radius 1 is 0.750 bits per heavy atom. The predicted octanol–water partition coefficient (Wildman–Crippen LogP) is 6.71. The summed E-state index contributed by atoms with van der Waals surface area (Å²) < 4.78 is 12.3. The Bertz CT molecular complexity index is 1160. The van der Waals surface area contributed by atoms with E-state index >= 15 is 0 Å². The van der Waals surface area contributed by atoms with Gasteiger partial charge in [0.1, 0.15) is 18.1 Å². The molecule has 0 saturated heterocycles. The minimum absolute atomic E-state index is 0.0878. The van der Waals surface area contributed by atoms with E-state index in [1.54, 1.807) is 0 Å². The Morgan fingerprint density at radius 2 is 1.44 bits per heavy atom. The van der Waals surface area contributed by atoms with Crippen LogP contribution in [-0.4, -0.2) is 12.5 Å². The molecule has 4 aromatic carbocycles. The normalized spacial score (nSPS) is 10.4. The van der Waals surface area contributed by atoms with Crippen LogP contribution in [0.25, 0.3) is 11.1 Å². The maximum absolute atomic E-state index is 12.3. The van der Waals surface area contributed by atoms with Gasteiger partial charge in [0, 0.05) is 5.69 Å². The van der Waals surface area contributed by atoms with Crippen LogP contribution in [0.5, 0.6) is 11.5 Å². The topological polar surface area (TPSA) is 47.6 Å². The van der Waals surface area contributed by atoms with Crippen molar-refractivity contribution in [2.45, 2.75) is 6.61 Å². The van der Waals surface area contributed by atoms with Gasteiger partial charge in [0.05, 0.1) is 4.47 Å². The Hall–Kier alpha value is -3.57. The van der Waals surface area contributed by atoms with Crippen LogP contribution in [0.4, 0.5) is 5.69 Å². The van der Waals surface area contributed by atoms with Crippen LogP contribution < -0.4 is 14.8 Å². The lowest BCUT2D eigenvalue weighted by Crippen LogP contribution is -2.20. The summed E-state index contributed by atoms with van der Waals surface area (Å²) in [5.74, 6) is 1.12. The van der Waals surface area contributed by atoms with Gasteiger partial charge in [-0.1, -0.05) is 66.7 Å². The summed E-state index contributed by atoms with van der Waals surface area (Å²) in [4.78, 5) is 12.3. The Kier molecular flexibility index (Phi) is 7.20. The number of amides is 1. The van der Waals surface area contributed by atoms with Crippen LogP contribution in [0.15, 0.2) is 108 Å². The number of ether oxygens (including phenoxy) is 2. The number of anilines is 1. The molecule has 0 aromatic heterocycles. The van der Waals surface area contributed by atoms with Crippen molar-refractivity contribution >= 4 is 27.5 Å². The van der Waals surface area contributed by atoms with E-state index < -0.39 is 0 Å². The highest BCUT2D eigenvalue weighted by atomic mass is 79.9. The molecule has 0 unspecified atom stereocenters. The molecule has 5 heteroatoms. The van der Waals surface area contributed by atoms with Crippen LogP contribution in [0.1, 0.15) is 5.56 Å². The van der Waals surface area contributed by atoms with Crippen molar-refractivity contribution in [3.05, 3.63) is 113 Å². The van der Waals surface area contributed by atoms with Crippen LogP contribution >= 0.6 is 15.9 Å². The number of carbonyl (C=O) groups excluding carboxylic acids is 1. The summed E-state index contributed by atoms with van der Waals surface area (Å²) in [6, 6.07) is 33.2. The van der Waals surface area contributed by atoms with Gasteiger partial charge in [-0.3, -0.25) is 4.79 Å². The van der Waals surface area contributed by atoms with Gasteiger partial charge in [0.2, 0.25) is 0 Å². The fraction of sp³-hybridized carbons (Fsp3) is 0.0741. The highest BCUT2D eigenvalue weighted by Crippen LogP contribution is 2.30. The number of nitrogens with one attached hydrogen (secondary N) is 1. The smallest absolute Gasteiger partial charge is 0.262 e. The number of hydrogen-bond donors (Lipinski definition) is 1. The average molecular weight is 488 g/mol. The zero-order chi connectivity index (χ0) is 22.2. The van der Waals surface area contributed by atoms with Crippen molar-refractivity contribution in [3.63, 3.8) is 0 Å². The molecule has 1 N–H and O–H groups in total. The second-order valence-electron chi connectivity index (χ2n) is 7.15. The van der Waals surface area contributed by atoms with Crippen LogP contribution in [-0.2, 0) is 11.4 Å². The van der Waals surface area contributed by atoms with Crippen LogP contribution in [0, 0.1) is 0 Å². The molecule has 32 heavy (non-hydrogen) atoms. The van der Waals surface area contributed by atoms with E-state index in [0.717, 1.165) is 26.9 Å². The molecular formula is C27H22BrNO3. The molecule has 0 bridgehead atoms. The summed E-state index contributed by atoms with van der Waals surface area (Å²) in [5, 5.41) is 2.84. The zero-order valence-electron chi connectivity index (χ0n) is 17.3. The lowest BCUT2D eigenvalue weighted by atomic mass is 10.1. The quantitative estimate of drug-likeness (QED) is 0.300. The maximum atomic E-state index is 12.3. The van der Waals surface area contributed by atoms with Gasteiger partial charge in [-0.05, 0) is 69.0 Å². The van der Waals surface area contributed by atoms with Gasteiger partial charge in [-0.25, -0.2) is 0 Å². The van der Waals surface area contributed by atoms with Gasteiger partial charge in [0.15, 0.2) is 6.61 Å². The largest absolute Gasteiger partial charge is 0.489 e. The molecule has 0 atom stereocenters. The Morgan fingerprint density at radius 3 is 2.12 bits per heavy atom. The number of halogens is 1. The summed E-state index contributed by atoms with van der Waals surface area (Å²) in [6.45, 7) is 0.411. The third-order valence-corrected chi connectivity index (χ3v) is 5.40. The molecule has 0 aliphatic rings. The average Bonchev–Trinajstić information content (AvgIpc) is 2.84. The van der Waals surface area contributed by atoms with E-state index in [-0.39, 0.29) is 12.5 Å². The van der Waals surface area contributed by atoms with Gasteiger partial charge >= 0.3 is 0 Å². The molecule has 4 rings (SSSR count). The number of rotatable bonds is 8. The molecule has 0 saturated carbocycles. The van der Waals surface area contributed by atoms with Gasteiger partial charge in [0.25, 0.3) is 5.91 Å². The summed E-state index contributed by atoms with van der Waals surface area (Å²) in [7, 11) is 0. The lowest BCUT2D eigenvalue weighted by Gasteiger charge is -2.11. The highest BCUT2D eigenvalue weighted by molar-refractivity contribution is 9.10. The van der Waals surface area contributed by atoms with E-state index in [1.165, 1.54) is 0 Å². The molecule has 4 nitrogen and oxygen atoms in total. The molecule has 4 aromatic rings.